The number of benzene rings is 1. The van der Waals surface area contributed by atoms with Crippen LogP contribution in [0, 0.1) is 12.7 Å². The molecule has 1 heterocycles. The van der Waals surface area contributed by atoms with Gasteiger partial charge in [0.2, 0.25) is 0 Å². The summed E-state index contributed by atoms with van der Waals surface area (Å²) in [6, 6.07) is 4.10. The summed E-state index contributed by atoms with van der Waals surface area (Å²) in [7, 11) is 0. The van der Waals surface area contributed by atoms with Crippen molar-refractivity contribution in [1.29, 1.82) is 0 Å². The van der Waals surface area contributed by atoms with Gasteiger partial charge in [0.25, 0.3) is 5.56 Å². The van der Waals surface area contributed by atoms with Gasteiger partial charge in [-0.25, -0.2) is 9.37 Å². The molecule has 0 atom stereocenters. The molecule has 2 rings (SSSR count). The molecule has 1 aromatic heterocycles. The zero-order valence-electron chi connectivity index (χ0n) is 8.97. The van der Waals surface area contributed by atoms with Crippen molar-refractivity contribution in [2.24, 2.45) is 0 Å². The van der Waals surface area contributed by atoms with Gasteiger partial charge in [-0.3, -0.25) is 4.79 Å². The number of aryl methyl sites for hydroxylation is 1. The summed E-state index contributed by atoms with van der Waals surface area (Å²) < 4.78 is 12.7. The van der Waals surface area contributed by atoms with E-state index >= 15 is 0 Å². The molecule has 1 aromatic carbocycles. The van der Waals surface area contributed by atoms with E-state index in [4.69, 9.17) is 0 Å². The van der Waals surface area contributed by atoms with Gasteiger partial charge in [0.05, 0.1) is 11.0 Å². The smallest absolute Gasteiger partial charge is 0.269 e. The minimum absolute atomic E-state index is 0.280. The fourth-order valence-electron chi connectivity index (χ4n) is 1.15. The van der Waals surface area contributed by atoms with Gasteiger partial charge in [-0.15, -0.1) is 0 Å². The van der Waals surface area contributed by atoms with Crippen LogP contribution < -0.4 is 5.56 Å². The molecule has 0 saturated carbocycles. The number of rotatable bonds is 0. The van der Waals surface area contributed by atoms with Gasteiger partial charge in [0, 0.05) is 0 Å². The minimum Gasteiger partial charge on any atom is -0.319 e. The number of fused-ring (bicyclic) bond motifs is 1. The molecule has 0 amide bonds. The van der Waals surface area contributed by atoms with Crippen LogP contribution in [0.1, 0.15) is 19.5 Å². The van der Waals surface area contributed by atoms with E-state index in [1.807, 2.05) is 13.8 Å². The van der Waals surface area contributed by atoms with Crippen molar-refractivity contribution >= 4 is 11.0 Å². The molecule has 0 aliphatic carbocycles. The Balaban J connectivity index is 0.000000531. The molecular formula is C11H13FN2O. The predicted molar refractivity (Wildman–Crippen MR) is 58.4 cm³/mol. The summed E-state index contributed by atoms with van der Waals surface area (Å²) in [5, 5.41) is 0. The third-order valence-corrected chi connectivity index (χ3v) is 1.82. The molecule has 80 valence electrons. The lowest BCUT2D eigenvalue weighted by Crippen LogP contribution is -2.11. The van der Waals surface area contributed by atoms with Crippen molar-refractivity contribution < 1.29 is 4.39 Å². The molecule has 4 heteroatoms. The SMILES string of the molecule is CC.Cc1nc2ccc(F)cc2[nH]c1=O. The van der Waals surface area contributed by atoms with E-state index in [1.165, 1.54) is 18.2 Å². The first-order valence-corrected chi connectivity index (χ1v) is 4.83. The molecule has 0 bridgehead atoms. The zero-order valence-corrected chi connectivity index (χ0v) is 8.97. The van der Waals surface area contributed by atoms with Crippen LogP contribution in [-0.4, -0.2) is 9.97 Å². The second-order valence-electron chi connectivity index (χ2n) is 2.81. The van der Waals surface area contributed by atoms with Crippen LogP contribution in [0.15, 0.2) is 23.0 Å². The Morgan fingerprint density at radius 1 is 1.33 bits per heavy atom. The van der Waals surface area contributed by atoms with Crippen molar-refractivity contribution in [1.82, 2.24) is 9.97 Å². The Hall–Kier alpha value is -1.71. The van der Waals surface area contributed by atoms with Gasteiger partial charge in [0.1, 0.15) is 11.5 Å². The highest BCUT2D eigenvalue weighted by Gasteiger charge is 2.00. The van der Waals surface area contributed by atoms with E-state index in [0.717, 1.165) is 0 Å². The van der Waals surface area contributed by atoms with Crippen LogP contribution in [0.4, 0.5) is 4.39 Å². The zero-order chi connectivity index (χ0) is 11.4. The monoisotopic (exact) mass is 208 g/mol. The average Bonchev–Trinajstić information content (AvgIpc) is 2.23. The van der Waals surface area contributed by atoms with Crippen LogP contribution in [-0.2, 0) is 0 Å². The molecule has 0 unspecified atom stereocenters. The molecule has 0 radical (unpaired) electrons. The summed E-state index contributed by atoms with van der Waals surface area (Å²) in [4.78, 5) is 17.7. The third kappa shape index (κ3) is 2.40. The van der Waals surface area contributed by atoms with Crippen LogP contribution >= 0.6 is 0 Å². The lowest BCUT2D eigenvalue weighted by atomic mass is 10.3. The Kier molecular flexibility index (Phi) is 3.55. The van der Waals surface area contributed by atoms with Crippen LogP contribution in [0.5, 0.6) is 0 Å². The number of nitrogens with zero attached hydrogens (tertiary/aromatic N) is 1. The number of aromatic amines is 1. The summed E-state index contributed by atoms with van der Waals surface area (Å²) in [6.07, 6.45) is 0. The number of H-pyrrole nitrogens is 1. The molecule has 2 aromatic rings. The fourth-order valence-corrected chi connectivity index (χ4v) is 1.15. The average molecular weight is 208 g/mol. The maximum Gasteiger partial charge on any atom is 0.269 e. The van der Waals surface area contributed by atoms with Crippen LogP contribution in [0.25, 0.3) is 11.0 Å². The van der Waals surface area contributed by atoms with E-state index in [0.29, 0.717) is 16.7 Å². The highest BCUT2D eigenvalue weighted by molar-refractivity contribution is 5.73. The highest BCUT2D eigenvalue weighted by Crippen LogP contribution is 2.08. The van der Waals surface area contributed by atoms with Gasteiger partial charge in [-0.05, 0) is 25.1 Å². The highest BCUT2D eigenvalue weighted by atomic mass is 19.1. The van der Waals surface area contributed by atoms with E-state index in [9.17, 15) is 9.18 Å². The lowest BCUT2D eigenvalue weighted by molar-refractivity contribution is 0.629. The fraction of sp³-hybridized carbons (Fsp3) is 0.273. The van der Waals surface area contributed by atoms with Crippen LogP contribution in [0.2, 0.25) is 0 Å². The van der Waals surface area contributed by atoms with E-state index < -0.39 is 0 Å². The van der Waals surface area contributed by atoms with Gasteiger partial charge in [-0.2, -0.15) is 0 Å². The van der Waals surface area contributed by atoms with E-state index in [1.54, 1.807) is 6.92 Å². The largest absolute Gasteiger partial charge is 0.319 e. The van der Waals surface area contributed by atoms with Crippen molar-refractivity contribution in [3.05, 3.63) is 40.1 Å². The van der Waals surface area contributed by atoms with Gasteiger partial charge >= 0.3 is 0 Å². The van der Waals surface area contributed by atoms with Crippen molar-refractivity contribution in [2.75, 3.05) is 0 Å². The van der Waals surface area contributed by atoms with Crippen molar-refractivity contribution in [3.63, 3.8) is 0 Å². The summed E-state index contributed by atoms with van der Waals surface area (Å²) in [5.74, 6) is -0.381. The Morgan fingerprint density at radius 2 is 2.00 bits per heavy atom. The lowest BCUT2D eigenvalue weighted by Gasteiger charge is -1.97. The molecule has 0 saturated heterocycles. The topological polar surface area (TPSA) is 45.8 Å². The Morgan fingerprint density at radius 3 is 2.67 bits per heavy atom. The first-order valence-electron chi connectivity index (χ1n) is 4.83. The molecule has 0 aliphatic heterocycles. The molecular weight excluding hydrogens is 195 g/mol. The number of hydrogen-bond donors (Lipinski definition) is 1. The Labute approximate surface area is 87.0 Å². The normalized spacial score (nSPS) is 9.60. The quantitative estimate of drug-likeness (QED) is 0.722. The molecule has 3 nitrogen and oxygen atoms in total. The van der Waals surface area contributed by atoms with Crippen LogP contribution in [0.3, 0.4) is 0 Å². The number of hydrogen-bond acceptors (Lipinski definition) is 2. The summed E-state index contributed by atoms with van der Waals surface area (Å²) in [6.45, 7) is 5.61. The Bertz CT molecular complexity index is 519. The number of aromatic nitrogens is 2. The van der Waals surface area contributed by atoms with Gasteiger partial charge < -0.3 is 4.98 Å². The second kappa shape index (κ2) is 4.68. The summed E-state index contributed by atoms with van der Waals surface area (Å²) >= 11 is 0. The van der Waals surface area contributed by atoms with Gasteiger partial charge in [-0.1, -0.05) is 13.8 Å². The van der Waals surface area contributed by atoms with Crippen molar-refractivity contribution in [3.8, 4) is 0 Å². The molecule has 0 spiro atoms. The minimum atomic E-state index is -0.381. The summed E-state index contributed by atoms with van der Waals surface area (Å²) in [5.41, 5.74) is 1.13. The second-order valence-corrected chi connectivity index (χ2v) is 2.81. The maximum absolute atomic E-state index is 12.7. The first kappa shape index (κ1) is 11.4. The molecule has 0 aliphatic rings. The molecule has 1 N–H and O–H groups in total. The molecule has 15 heavy (non-hydrogen) atoms. The maximum atomic E-state index is 12.7. The third-order valence-electron chi connectivity index (χ3n) is 1.82. The number of nitrogens with one attached hydrogen (secondary N) is 1. The van der Waals surface area contributed by atoms with Crippen molar-refractivity contribution in [2.45, 2.75) is 20.8 Å². The van der Waals surface area contributed by atoms with E-state index in [2.05, 4.69) is 9.97 Å². The van der Waals surface area contributed by atoms with Gasteiger partial charge in [0.15, 0.2) is 0 Å². The molecule has 0 fully saturated rings. The number of halogens is 1. The van der Waals surface area contributed by atoms with E-state index in [-0.39, 0.29) is 11.4 Å². The standard InChI is InChI=1S/C9H7FN2O.C2H6/c1-5-9(13)12-8-4-6(10)2-3-7(8)11-5;1-2/h2-4H,1H3,(H,12,13);1-2H3. The first-order chi connectivity index (χ1) is 7.16. The predicted octanol–water partition coefficient (Wildman–Crippen LogP) is 2.40.